The van der Waals surface area contributed by atoms with Crippen molar-refractivity contribution in [3.05, 3.63) is 23.8 Å². The number of hydrogen-bond acceptors (Lipinski definition) is 3. The smallest absolute Gasteiger partial charge is 0.151 e. The summed E-state index contributed by atoms with van der Waals surface area (Å²) in [6.45, 7) is 5.35. The third kappa shape index (κ3) is 2.49. The second-order valence-corrected chi connectivity index (χ2v) is 3.55. The summed E-state index contributed by atoms with van der Waals surface area (Å²) in [4.78, 5) is 11.0. The van der Waals surface area contributed by atoms with Gasteiger partial charge in [0.1, 0.15) is 0 Å². The van der Waals surface area contributed by atoms with Crippen molar-refractivity contribution in [3.63, 3.8) is 0 Å². The first-order chi connectivity index (χ1) is 6.50. The van der Waals surface area contributed by atoms with Crippen LogP contribution in [0.3, 0.4) is 0 Å². The van der Waals surface area contributed by atoms with Crippen molar-refractivity contribution >= 4 is 17.2 Å². The molecule has 0 amide bonds. The number of benzene rings is 1. The van der Waals surface area contributed by atoms with Gasteiger partial charge in [-0.1, -0.05) is 6.07 Å². The topological polar surface area (TPSA) is 55.1 Å². The molecule has 3 heteroatoms. The second-order valence-electron chi connectivity index (χ2n) is 3.55. The Labute approximate surface area is 84.3 Å². The fourth-order valence-electron chi connectivity index (χ4n) is 1.08. The number of carbonyl (C=O) groups is 1. The molecule has 0 fully saturated rings. The van der Waals surface area contributed by atoms with Crippen molar-refractivity contribution in [2.75, 3.05) is 11.1 Å². The van der Waals surface area contributed by atoms with Gasteiger partial charge in [-0.05, 0) is 38.5 Å². The lowest BCUT2D eigenvalue weighted by Gasteiger charge is -2.12. The van der Waals surface area contributed by atoms with Gasteiger partial charge in [0.15, 0.2) is 5.78 Å². The van der Waals surface area contributed by atoms with E-state index in [4.69, 9.17) is 5.73 Å². The Bertz CT molecular complexity index is 347. The highest BCUT2D eigenvalue weighted by Gasteiger charge is 2.06. The maximum atomic E-state index is 11.0. The Kier molecular flexibility index (Phi) is 3.12. The predicted octanol–water partition coefficient (Wildman–Crippen LogP) is 1.97. The maximum Gasteiger partial charge on any atom is 0.151 e. The summed E-state index contributed by atoms with van der Waals surface area (Å²) < 4.78 is 0. The quantitative estimate of drug-likeness (QED) is 0.720. The van der Waals surface area contributed by atoms with Gasteiger partial charge < -0.3 is 11.1 Å². The van der Waals surface area contributed by atoms with Crippen molar-refractivity contribution in [1.29, 1.82) is 0 Å². The number of Topliss-reactive ketones (excluding diaryl/α,β-unsaturated/α-hetero) is 1. The zero-order valence-electron chi connectivity index (χ0n) is 8.79. The van der Waals surface area contributed by atoms with Crippen LogP contribution in [0, 0.1) is 6.92 Å². The predicted molar refractivity (Wildman–Crippen MR) is 59.4 cm³/mol. The molecule has 0 heterocycles. The molecule has 0 aromatic heterocycles. The van der Waals surface area contributed by atoms with E-state index in [1.54, 1.807) is 6.92 Å². The SMILES string of the molecule is CC(=O)C(C)Nc1ccc(C)c(N)c1. The number of carbonyl (C=O) groups excluding carboxylic acids is 1. The molecule has 0 saturated carbocycles. The molecule has 3 nitrogen and oxygen atoms in total. The number of aryl methyl sites for hydroxylation is 1. The van der Waals surface area contributed by atoms with E-state index in [1.165, 1.54) is 0 Å². The van der Waals surface area contributed by atoms with E-state index in [2.05, 4.69) is 5.32 Å². The highest BCUT2D eigenvalue weighted by molar-refractivity contribution is 5.84. The monoisotopic (exact) mass is 192 g/mol. The molecule has 0 bridgehead atoms. The van der Waals surface area contributed by atoms with Gasteiger partial charge in [0.05, 0.1) is 6.04 Å². The zero-order chi connectivity index (χ0) is 10.7. The number of nitrogens with two attached hydrogens (primary N) is 1. The Morgan fingerprint density at radius 1 is 1.50 bits per heavy atom. The van der Waals surface area contributed by atoms with Gasteiger partial charge in [-0.15, -0.1) is 0 Å². The molecule has 1 aromatic carbocycles. The highest BCUT2D eigenvalue weighted by Crippen LogP contribution is 2.17. The Balaban J connectivity index is 2.78. The number of ketones is 1. The Morgan fingerprint density at radius 3 is 2.64 bits per heavy atom. The lowest BCUT2D eigenvalue weighted by atomic mass is 10.1. The van der Waals surface area contributed by atoms with Crippen molar-refractivity contribution in [2.24, 2.45) is 0 Å². The van der Waals surface area contributed by atoms with E-state index in [0.717, 1.165) is 16.9 Å². The first-order valence-corrected chi connectivity index (χ1v) is 4.64. The molecule has 1 aromatic rings. The van der Waals surface area contributed by atoms with Gasteiger partial charge in [0, 0.05) is 11.4 Å². The van der Waals surface area contributed by atoms with Gasteiger partial charge >= 0.3 is 0 Å². The van der Waals surface area contributed by atoms with E-state index in [1.807, 2.05) is 32.0 Å². The van der Waals surface area contributed by atoms with Crippen LogP contribution in [0.1, 0.15) is 19.4 Å². The molecule has 0 aliphatic heterocycles. The Hall–Kier alpha value is -1.51. The summed E-state index contributed by atoms with van der Waals surface area (Å²) in [7, 11) is 0. The number of nitrogen functional groups attached to an aromatic ring is 1. The molecule has 76 valence electrons. The first-order valence-electron chi connectivity index (χ1n) is 4.64. The fraction of sp³-hybridized carbons (Fsp3) is 0.364. The van der Waals surface area contributed by atoms with E-state index in [-0.39, 0.29) is 11.8 Å². The number of hydrogen-bond donors (Lipinski definition) is 2. The standard InChI is InChI=1S/C11H16N2O/c1-7-4-5-10(6-11(7)12)13-8(2)9(3)14/h4-6,8,13H,12H2,1-3H3. The molecule has 0 aliphatic rings. The first kappa shape index (κ1) is 10.6. The minimum atomic E-state index is -0.169. The van der Waals surface area contributed by atoms with Crippen molar-refractivity contribution in [1.82, 2.24) is 0 Å². The molecule has 0 aliphatic carbocycles. The van der Waals surface area contributed by atoms with Crippen LogP contribution in [0.25, 0.3) is 0 Å². The molecule has 1 rings (SSSR count). The van der Waals surface area contributed by atoms with Gasteiger partial charge in [-0.2, -0.15) is 0 Å². The minimum Gasteiger partial charge on any atom is -0.398 e. The van der Waals surface area contributed by atoms with Crippen LogP contribution >= 0.6 is 0 Å². The summed E-state index contributed by atoms with van der Waals surface area (Å²) in [6, 6.07) is 5.53. The zero-order valence-corrected chi connectivity index (χ0v) is 8.79. The molecule has 14 heavy (non-hydrogen) atoms. The number of anilines is 2. The summed E-state index contributed by atoms with van der Waals surface area (Å²) in [6.07, 6.45) is 0. The van der Waals surface area contributed by atoms with Crippen LogP contribution in [0.2, 0.25) is 0 Å². The van der Waals surface area contributed by atoms with Crippen molar-refractivity contribution in [3.8, 4) is 0 Å². The molecular formula is C11H16N2O. The summed E-state index contributed by atoms with van der Waals surface area (Å²) >= 11 is 0. The van der Waals surface area contributed by atoms with Gasteiger partial charge in [-0.25, -0.2) is 0 Å². The average molecular weight is 192 g/mol. The molecule has 1 atom stereocenters. The fourth-order valence-corrected chi connectivity index (χ4v) is 1.08. The van der Waals surface area contributed by atoms with Crippen LogP contribution in [-0.2, 0) is 4.79 Å². The molecular weight excluding hydrogens is 176 g/mol. The molecule has 0 spiro atoms. The van der Waals surface area contributed by atoms with Gasteiger partial charge in [0.2, 0.25) is 0 Å². The molecule has 0 saturated heterocycles. The molecule has 1 unspecified atom stereocenters. The summed E-state index contributed by atoms with van der Waals surface area (Å²) in [5.41, 5.74) is 8.42. The van der Waals surface area contributed by atoms with E-state index in [9.17, 15) is 4.79 Å². The van der Waals surface area contributed by atoms with Gasteiger partial charge in [-0.3, -0.25) is 4.79 Å². The van der Waals surface area contributed by atoms with Crippen LogP contribution < -0.4 is 11.1 Å². The van der Waals surface area contributed by atoms with E-state index < -0.39 is 0 Å². The van der Waals surface area contributed by atoms with E-state index >= 15 is 0 Å². The third-order valence-corrected chi connectivity index (χ3v) is 2.27. The van der Waals surface area contributed by atoms with Crippen molar-refractivity contribution in [2.45, 2.75) is 26.8 Å². The maximum absolute atomic E-state index is 11.0. The number of nitrogens with one attached hydrogen (secondary N) is 1. The lowest BCUT2D eigenvalue weighted by molar-refractivity contribution is -0.117. The van der Waals surface area contributed by atoms with Crippen LogP contribution in [0.15, 0.2) is 18.2 Å². The highest BCUT2D eigenvalue weighted by atomic mass is 16.1. The minimum absolute atomic E-state index is 0.115. The van der Waals surface area contributed by atoms with Crippen LogP contribution in [-0.4, -0.2) is 11.8 Å². The van der Waals surface area contributed by atoms with Gasteiger partial charge in [0.25, 0.3) is 0 Å². The summed E-state index contributed by atoms with van der Waals surface area (Å²) in [5, 5.41) is 3.08. The summed E-state index contributed by atoms with van der Waals surface area (Å²) in [5.74, 6) is 0.115. The van der Waals surface area contributed by atoms with Crippen LogP contribution in [0.4, 0.5) is 11.4 Å². The largest absolute Gasteiger partial charge is 0.398 e. The normalized spacial score (nSPS) is 12.2. The second kappa shape index (κ2) is 4.13. The van der Waals surface area contributed by atoms with Crippen molar-refractivity contribution < 1.29 is 4.79 Å². The lowest BCUT2D eigenvalue weighted by Crippen LogP contribution is -2.23. The molecule has 3 N–H and O–H groups in total. The molecule has 0 radical (unpaired) electrons. The third-order valence-electron chi connectivity index (χ3n) is 2.27. The van der Waals surface area contributed by atoms with E-state index in [0.29, 0.717) is 0 Å². The Morgan fingerprint density at radius 2 is 2.14 bits per heavy atom. The number of rotatable bonds is 3. The average Bonchev–Trinajstić information content (AvgIpc) is 2.11. The van der Waals surface area contributed by atoms with Crippen LogP contribution in [0.5, 0.6) is 0 Å².